The molecule has 0 aliphatic carbocycles. The van der Waals surface area contributed by atoms with Crippen molar-refractivity contribution in [2.45, 2.75) is 33.1 Å². The second-order valence-electron chi connectivity index (χ2n) is 8.52. The smallest absolute Gasteiger partial charge is 0.336 e. The summed E-state index contributed by atoms with van der Waals surface area (Å²) in [4.78, 5) is 26.7. The lowest BCUT2D eigenvalue weighted by Crippen LogP contribution is -2.27. The SMILES string of the molecule is Cc1cc(C(C)(C)C)cc(N(C)C(=O)c2ccccc2)c1-c1ccccc1C(=O)O. The minimum absolute atomic E-state index is 0.124. The number of aromatic carboxylic acids is 1. The molecule has 0 unspecified atom stereocenters. The summed E-state index contributed by atoms with van der Waals surface area (Å²) < 4.78 is 0. The summed E-state index contributed by atoms with van der Waals surface area (Å²) in [5.41, 5.74) is 4.74. The molecule has 0 bridgehead atoms. The van der Waals surface area contributed by atoms with Crippen LogP contribution in [0.5, 0.6) is 0 Å². The van der Waals surface area contributed by atoms with E-state index in [1.165, 1.54) is 0 Å². The molecule has 1 amide bonds. The number of amides is 1. The Morgan fingerprint density at radius 2 is 1.50 bits per heavy atom. The number of carboxylic acid groups (broad SMARTS) is 1. The van der Waals surface area contributed by atoms with E-state index in [0.29, 0.717) is 16.8 Å². The molecule has 154 valence electrons. The molecule has 0 spiro atoms. The normalized spacial score (nSPS) is 11.2. The Balaban J connectivity index is 2.28. The fourth-order valence-electron chi connectivity index (χ4n) is 3.59. The van der Waals surface area contributed by atoms with E-state index >= 15 is 0 Å². The van der Waals surface area contributed by atoms with Crippen LogP contribution in [0.3, 0.4) is 0 Å². The van der Waals surface area contributed by atoms with Crippen LogP contribution in [0, 0.1) is 6.92 Å². The summed E-state index contributed by atoms with van der Waals surface area (Å²) in [5, 5.41) is 9.74. The number of anilines is 1. The standard InChI is InChI=1S/C26H27NO3/c1-17-15-19(26(2,3)4)16-22(27(5)24(28)18-11-7-6-8-12-18)23(17)20-13-9-10-14-21(20)25(29)30/h6-16H,1-5H3,(H,29,30). The van der Waals surface area contributed by atoms with Crippen molar-refractivity contribution in [3.63, 3.8) is 0 Å². The van der Waals surface area contributed by atoms with Crippen LogP contribution < -0.4 is 4.90 Å². The highest BCUT2D eigenvalue weighted by Crippen LogP contribution is 2.39. The molecule has 0 fully saturated rings. The Hall–Kier alpha value is -3.40. The largest absolute Gasteiger partial charge is 0.478 e. The number of nitrogens with zero attached hydrogens (tertiary/aromatic N) is 1. The van der Waals surface area contributed by atoms with E-state index in [4.69, 9.17) is 0 Å². The van der Waals surface area contributed by atoms with Crippen molar-refractivity contribution in [2.24, 2.45) is 0 Å². The van der Waals surface area contributed by atoms with Gasteiger partial charge in [0.15, 0.2) is 0 Å². The first kappa shape index (κ1) is 21.3. The Labute approximate surface area is 177 Å². The average Bonchev–Trinajstić information content (AvgIpc) is 2.72. The van der Waals surface area contributed by atoms with Crippen LogP contribution in [0.25, 0.3) is 11.1 Å². The minimum atomic E-state index is -0.993. The summed E-state index contributed by atoms with van der Waals surface area (Å²) in [6.45, 7) is 8.33. The molecule has 3 rings (SSSR count). The predicted octanol–water partition coefficient (Wildman–Crippen LogP) is 5.93. The van der Waals surface area contributed by atoms with Crippen molar-refractivity contribution in [1.29, 1.82) is 0 Å². The Bertz CT molecular complexity index is 1100. The van der Waals surface area contributed by atoms with E-state index in [1.54, 1.807) is 42.3 Å². The number of rotatable bonds is 4. The molecule has 0 aliphatic heterocycles. The van der Waals surface area contributed by atoms with E-state index in [9.17, 15) is 14.7 Å². The van der Waals surface area contributed by atoms with Gasteiger partial charge in [0.25, 0.3) is 5.91 Å². The van der Waals surface area contributed by atoms with E-state index < -0.39 is 5.97 Å². The van der Waals surface area contributed by atoms with Gasteiger partial charge in [-0.3, -0.25) is 4.79 Å². The van der Waals surface area contributed by atoms with Gasteiger partial charge >= 0.3 is 5.97 Å². The second-order valence-corrected chi connectivity index (χ2v) is 8.52. The summed E-state index contributed by atoms with van der Waals surface area (Å²) >= 11 is 0. The van der Waals surface area contributed by atoms with Gasteiger partial charge in [-0.1, -0.05) is 63.2 Å². The number of carbonyl (C=O) groups excluding carboxylic acids is 1. The quantitative estimate of drug-likeness (QED) is 0.589. The number of carbonyl (C=O) groups is 2. The van der Waals surface area contributed by atoms with E-state index in [0.717, 1.165) is 16.7 Å². The monoisotopic (exact) mass is 401 g/mol. The van der Waals surface area contributed by atoms with Crippen molar-refractivity contribution in [2.75, 3.05) is 11.9 Å². The van der Waals surface area contributed by atoms with E-state index in [1.807, 2.05) is 37.3 Å². The highest BCUT2D eigenvalue weighted by Gasteiger charge is 2.25. The van der Waals surface area contributed by atoms with Crippen molar-refractivity contribution in [3.05, 3.63) is 89.0 Å². The average molecular weight is 402 g/mol. The highest BCUT2D eigenvalue weighted by molar-refractivity contribution is 6.09. The number of carboxylic acids is 1. The van der Waals surface area contributed by atoms with Gasteiger partial charge in [-0.25, -0.2) is 4.79 Å². The molecule has 0 saturated heterocycles. The molecular formula is C26H27NO3. The molecule has 3 aromatic carbocycles. The Kier molecular flexibility index (Phi) is 5.79. The van der Waals surface area contributed by atoms with Crippen molar-refractivity contribution in [3.8, 4) is 11.1 Å². The summed E-state index contributed by atoms with van der Waals surface area (Å²) in [6, 6.07) is 20.1. The van der Waals surface area contributed by atoms with Gasteiger partial charge in [-0.15, -0.1) is 0 Å². The summed E-state index contributed by atoms with van der Waals surface area (Å²) in [5.74, 6) is -1.14. The van der Waals surface area contributed by atoms with Crippen LogP contribution in [-0.2, 0) is 5.41 Å². The third kappa shape index (κ3) is 4.13. The van der Waals surface area contributed by atoms with Gasteiger partial charge in [0.2, 0.25) is 0 Å². The Morgan fingerprint density at radius 1 is 0.900 bits per heavy atom. The van der Waals surface area contributed by atoms with Crippen LogP contribution in [0.1, 0.15) is 52.6 Å². The van der Waals surface area contributed by atoms with Gasteiger partial charge in [0.05, 0.1) is 11.3 Å². The topological polar surface area (TPSA) is 57.6 Å². The van der Waals surface area contributed by atoms with Crippen molar-refractivity contribution >= 4 is 17.6 Å². The first-order chi connectivity index (χ1) is 14.1. The maximum Gasteiger partial charge on any atom is 0.336 e. The van der Waals surface area contributed by atoms with Gasteiger partial charge in [-0.2, -0.15) is 0 Å². The van der Waals surface area contributed by atoms with Gasteiger partial charge < -0.3 is 10.0 Å². The number of hydrogen-bond donors (Lipinski definition) is 1. The lowest BCUT2D eigenvalue weighted by molar-refractivity contribution is 0.0697. The fraction of sp³-hybridized carbons (Fsp3) is 0.231. The van der Waals surface area contributed by atoms with E-state index in [2.05, 4.69) is 26.8 Å². The van der Waals surface area contributed by atoms with Gasteiger partial charge in [0.1, 0.15) is 0 Å². The molecule has 3 aromatic rings. The fourth-order valence-corrected chi connectivity index (χ4v) is 3.59. The Morgan fingerprint density at radius 3 is 2.10 bits per heavy atom. The third-order valence-corrected chi connectivity index (χ3v) is 5.29. The molecule has 0 saturated carbocycles. The van der Waals surface area contributed by atoms with E-state index in [-0.39, 0.29) is 16.9 Å². The van der Waals surface area contributed by atoms with Crippen LogP contribution in [0.15, 0.2) is 66.7 Å². The zero-order valence-corrected chi connectivity index (χ0v) is 18.1. The molecule has 0 radical (unpaired) electrons. The van der Waals surface area contributed by atoms with Crippen LogP contribution in [-0.4, -0.2) is 24.0 Å². The molecule has 0 aliphatic rings. The van der Waals surface area contributed by atoms with Gasteiger partial charge in [-0.05, 0) is 53.3 Å². The maximum absolute atomic E-state index is 13.2. The zero-order chi connectivity index (χ0) is 22.1. The number of aryl methyl sites for hydroxylation is 1. The van der Waals surface area contributed by atoms with Crippen LogP contribution in [0.4, 0.5) is 5.69 Å². The molecule has 1 N–H and O–H groups in total. The lowest BCUT2D eigenvalue weighted by atomic mass is 9.83. The zero-order valence-electron chi connectivity index (χ0n) is 18.1. The lowest BCUT2D eigenvalue weighted by Gasteiger charge is -2.28. The molecular weight excluding hydrogens is 374 g/mol. The predicted molar refractivity (Wildman–Crippen MR) is 121 cm³/mol. The minimum Gasteiger partial charge on any atom is -0.478 e. The maximum atomic E-state index is 13.2. The molecule has 0 heterocycles. The van der Waals surface area contributed by atoms with Crippen molar-refractivity contribution in [1.82, 2.24) is 0 Å². The second kappa shape index (κ2) is 8.15. The molecule has 0 atom stereocenters. The molecule has 30 heavy (non-hydrogen) atoms. The van der Waals surface area contributed by atoms with Crippen LogP contribution in [0.2, 0.25) is 0 Å². The first-order valence-corrected chi connectivity index (χ1v) is 9.92. The summed E-state index contributed by atoms with van der Waals surface area (Å²) in [7, 11) is 1.74. The molecule has 0 aromatic heterocycles. The highest BCUT2D eigenvalue weighted by atomic mass is 16.4. The summed E-state index contributed by atoms with van der Waals surface area (Å²) in [6.07, 6.45) is 0. The molecule has 4 nitrogen and oxygen atoms in total. The molecule has 4 heteroatoms. The number of benzene rings is 3. The first-order valence-electron chi connectivity index (χ1n) is 9.92. The van der Waals surface area contributed by atoms with Gasteiger partial charge in [0, 0.05) is 18.2 Å². The number of hydrogen-bond acceptors (Lipinski definition) is 2. The third-order valence-electron chi connectivity index (χ3n) is 5.29. The van der Waals surface area contributed by atoms with Crippen LogP contribution >= 0.6 is 0 Å². The van der Waals surface area contributed by atoms with Crippen molar-refractivity contribution < 1.29 is 14.7 Å².